The third-order valence-electron chi connectivity index (χ3n) is 5.20. The summed E-state index contributed by atoms with van der Waals surface area (Å²) >= 11 is 0. The Morgan fingerprint density at radius 3 is 2.10 bits per heavy atom. The van der Waals surface area contributed by atoms with Gasteiger partial charge in [-0.15, -0.1) is 0 Å². The zero-order valence-electron chi connectivity index (χ0n) is 14.5. The number of hydrogen-bond acceptors (Lipinski definition) is 1. The molecule has 0 aromatic heterocycles. The van der Waals surface area contributed by atoms with E-state index in [0.717, 1.165) is 12.5 Å². The number of benzene rings is 1. The second kappa shape index (κ2) is 7.98. The molecule has 1 aliphatic carbocycles. The van der Waals surface area contributed by atoms with E-state index in [4.69, 9.17) is 0 Å². The van der Waals surface area contributed by atoms with Gasteiger partial charge in [-0.05, 0) is 69.2 Å². The van der Waals surface area contributed by atoms with Crippen molar-refractivity contribution in [2.45, 2.75) is 78.7 Å². The molecule has 1 unspecified atom stereocenters. The molecule has 0 radical (unpaired) electrons. The topological polar surface area (TPSA) is 12.0 Å². The van der Waals surface area contributed by atoms with E-state index in [9.17, 15) is 0 Å². The maximum absolute atomic E-state index is 3.80. The van der Waals surface area contributed by atoms with E-state index in [1.807, 2.05) is 0 Å². The Labute approximate surface area is 131 Å². The van der Waals surface area contributed by atoms with Crippen molar-refractivity contribution in [3.63, 3.8) is 0 Å². The van der Waals surface area contributed by atoms with Gasteiger partial charge in [0, 0.05) is 6.04 Å². The van der Waals surface area contributed by atoms with Gasteiger partial charge in [0.05, 0.1) is 0 Å². The molecule has 0 heterocycles. The van der Waals surface area contributed by atoms with E-state index in [1.165, 1.54) is 61.6 Å². The van der Waals surface area contributed by atoms with Crippen molar-refractivity contribution < 1.29 is 0 Å². The Bertz CT molecular complexity index is 418. The van der Waals surface area contributed by atoms with Crippen LogP contribution in [0.15, 0.2) is 12.1 Å². The maximum Gasteiger partial charge on any atom is 0.0136 e. The third kappa shape index (κ3) is 4.57. The zero-order valence-corrected chi connectivity index (χ0v) is 14.5. The van der Waals surface area contributed by atoms with Crippen LogP contribution in [-0.4, -0.2) is 12.6 Å². The highest BCUT2D eigenvalue weighted by molar-refractivity contribution is 5.38. The molecular formula is C20H33N. The molecule has 118 valence electrons. The lowest BCUT2D eigenvalue weighted by Gasteiger charge is -2.28. The molecule has 1 nitrogen and oxygen atoms in total. The minimum absolute atomic E-state index is 0.660. The Morgan fingerprint density at radius 1 is 1.00 bits per heavy atom. The van der Waals surface area contributed by atoms with Crippen LogP contribution in [0.2, 0.25) is 0 Å². The first-order chi connectivity index (χ1) is 10.1. The van der Waals surface area contributed by atoms with Gasteiger partial charge in [-0.3, -0.25) is 0 Å². The molecule has 0 aliphatic heterocycles. The molecule has 0 amide bonds. The van der Waals surface area contributed by atoms with Crippen LogP contribution in [0.3, 0.4) is 0 Å². The summed E-state index contributed by atoms with van der Waals surface area (Å²) in [4.78, 5) is 0. The first kappa shape index (κ1) is 16.5. The van der Waals surface area contributed by atoms with Crippen molar-refractivity contribution in [1.82, 2.24) is 5.32 Å². The quantitative estimate of drug-likeness (QED) is 0.743. The fourth-order valence-corrected chi connectivity index (χ4v) is 4.13. The highest BCUT2D eigenvalue weighted by Crippen LogP contribution is 2.28. The molecule has 1 fully saturated rings. The molecule has 1 atom stereocenters. The standard InChI is InChI=1S/C20H33N/c1-5-21-20(18-10-8-6-7-9-11-18)14-19-16(3)12-15(2)13-17(19)4/h12-13,18,20-21H,5-11,14H2,1-4H3. The second-order valence-electron chi connectivity index (χ2n) is 7.00. The van der Waals surface area contributed by atoms with Crippen molar-refractivity contribution in [1.29, 1.82) is 0 Å². The van der Waals surface area contributed by atoms with E-state index in [-0.39, 0.29) is 0 Å². The van der Waals surface area contributed by atoms with E-state index in [2.05, 4.69) is 45.1 Å². The van der Waals surface area contributed by atoms with Gasteiger partial charge in [0.2, 0.25) is 0 Å². The number of likely N-dealkylation sites (N-methyl/N-ethyl adjacent to an activating group) is 1. The Balaban J connectivity index is 2.15. The van der Waals surface area contributed by atoms with Gasteiger partial charge in [0.25, 0.3) is 0 Å². The predicted octanol–water partition coefficient (Wildman–Crippen LogP) is 5.10. The Morgan fingerprint density at radius 2 is 1.57 bits per heavy atom. The van der Waals surface area contributed by atoms with Crippen LogP contribution in [0.4, 0.5) is 0 Å². The number of rotatable bonds is 5. The molecule has 21 heavy (non-hydrogen) atoms. The fourth-order valence-electron chi connectivity index (χ4n) is 4.13. The molecule has 1 aromatic rings. The lowest BCUT2D eigenvalue weighted by molar-refractivity contribution is 0.321. The molecule has 0 spiro atoms. The summed E-state index contributed by atoms with van der Waals surface area (Å²) in [5.74, 6) is 0.868. The van der Waals surface area contributed by atoms with Crippen molar-refractivity contribution in [3.8, 4) is 0 Å². The molecular weight excluding hydrogens is 254 g/mol. The normalized spacial score (nSPS) is 18.5. The van der Waals surface area contributed by atoms with Crippen molar-refractivity contribution >= 4 is 0 Å². The van der Waals surface area contributed by atoms with Crippen molar-refractivity contribution in [2.75, 3.05) is 6.54 Å². The van der Waals surface area contributed by atoms with Gasteiger partial charge in [0.15, 0.2) is 0 Å². The summed E-state index contributed by atoms with van der Waals surface area (Å²) in [7, 11) is 0. The van der Waals surface area contributed by atoms with E-state index < -0.39 is 0 Å². The number of aryl methyl sites for hydroxylation is 3. The minimum Gasteiger partial charge on any atom is -0.314 e. The zero-order chi connectivity index (χ0) is 15.2. The smallest absolute Gasteiger partial charge is 0.0136 e. The maximum atomic E-state index is 3.80. The average molecular weight is 287 g/mol. The number of nitrogens with one attached hydrogen (secondary N) is 1. The van der Waals surface area contributed by atoms with E-state index in [1.54, 1.807) is 5.56 Å². The molecule has 1 saturated carbocycles. The summed E-state index contributed by atoms with van der Waals surface area (Å²) in [5.41, 5.74) is 5.92. The Kier molecular flexibility index (Phi) is 6.29. The van der Waals surface area contributed by atoms with Crippen LogP contribution in [0, 0.1) is 26.7 Å². The SMILES string of the molecule is CCNC(Cc1c(C)cc(C)cc1C)C1CCCCCC1. The van der Waals surface area contributed by atoms with E-state index >= 15 is 0 Å². The van der Waals surface area contributed by atoms with Crippen LogP contribution in [0.1, 0.15) is 67.7 Å². The molecule has 1 aromatic carbocycles. The van der Waals surface area contributed by atoms with Crippen LogP contribution < -0.4 is 5.32 Å². The average Bonchev–Trinajstić information content (AvgIpc) is 2.70. The summed E-state index contributed by atoms with van der Waals surface area (Å²) in [6, 6.07) is 5.35. The summed E-state index contributed by atoms with van der Waals surface area (Å²) in [6.07, 6.45) is 9.78. The minimum atomic E-state index is 0.660. The molecule has 0 saturated heterocycles. The Hall–Kier alpha value is -0.820. The van der Waals surface area contributed by atoms with Crippen LogP contribution >= 0.6 is 0 Å². The van der Waals surface area contributed by atoms with Crippen LogP contribution in [0.25, 0.3) is 0 Å². The molecule has 1 N–H and O–H groups in total. The number of hydrogen-bond donors (Lipinski definition) is 1. The molecule has 2 rings (SSSR count). The van der Waals surface area contributed by atoms with Crippen LogP contribution in [-0.2, 0) is 6.42 Å². The summed E-state index contributed by atoms with van der Waals surface area (Å²) in [6.45, 7) is 10.1. The monoisotopic (exact) mass is 287 g/mol. The third-order valence-corrected chi connectivity index (χ3v) is 5.20. The molecule has 1 aliphatic rings. The van der Waals surface area contributed by atoms with Gasteiger partial charge < -0.3 is 5.32 Å². The van der Waals surface area contributed by atoms with Crippen molar-refractivity contribution in [2.24, 2.45) is 5.92 Å². The fraction of sp³-hybridized carbons (Fsp3) is 0.700. The van der Waals surface area contributed by atoms with Gasteiger partial charge in [-0.2, -0.15) is 0 Å². The largest absolute Gasteiger partial charge is 0.314 e. The van der Waals surface area contributed by atoms with Gasteiger partial charge in [-0.1, -0.05) is 50.3 Å². The first-order valence-corrected chi connectivity index (χ1v) is 8.92. The second-order valence-corrected chi connectivity index (χ2v) is 7.00. The highest BCUT2D eigenvalue weighted by Gasteiger charge is 2.23. The van der Waals surface area contributed by atoms with Crippen LogP contribution in [0.5, 0.6) is 0 Å². The van der Waals surface area contributed by atoms with Gasteiger partial charge in [0.1, 0.15) is 0 Å². The highest BCUT2D eigenvalue weighted by atomic mass is 14.9. The van der Waals surface area contributed by atoms with E-state index in [0.29, 0.717) is 6.04 Å². The summed E-state index contributed by atoms with van der Waals surface area (Å²) in [5, 5.41) is 3.80. The lowest BCUT2D eigenvalue weighted by Crippen LogP contribution is -2.38. The first-order valence-electron chi connectivity index (χ1n) is 8.92. The summed E-state index contributed by atoms with van der Waals surface area (Å²) < 4.78 is 0. The van der Waals surface area contributed by atoms with Crippen molar-refractivity contribution in [3.05, 3.63) is 34.4 Å². The molecule has 0 bridgehead atoms. The lowest BCUT2D eigenvalue weighted by atomic mass is 9.85. The van der Waals surface area contributed by atoms with Gasteiger partial charge in [-0.25, -0.2) is 0 Å². The molecule has 1 heteroatoms. The predicted molar refractivity (Wildman–Crippen MR) is 93.0 cm³/mol. The van der Waals surface area contributed by atoms with Gasteiger partial charge >= 0.3 is 0 Å².